The molecule has 1 aromatic carbocycles. The molecule has 5 nitrogen and oxygen atoms in total. The molecule has 0 saturated carbocycles. The average Bonchev–Trinajstić information content (AvgIpc) is 3.06. The average molecular weight is 339 g/mol. The Kier molecular flexibility index (Phi) is 5.94. The van der Waals surface area contributed by atoms with Crippen LogP contribution in [-0.4, -0.2) is 23.5 Å². The molecule has 0 fully saturated rings. The summed E-state index contributed by atoms with van der Waals surface area (Å²) in [6.45, 7) is 0.223. The number of thiophene rings is 1. The first-order chi connectivity index (χ1) is 10.6. The Morgan fingerprint density at radius 1 is 1.14 bits per heavy atom. The molecule has 7 heteroatoms. The van der Waals surface area contributed by atoms with Gasteiger partial charge in [-0.05, 0) is 40.1 Å². The largest absolute Gasteiger partial charge is 0.387 e. The van der Waals surface area contributed by atoms with E-state index in [0.717, 1.165) is 5.56 Å². The van der Waals surface area contributed by atoms with Gasteiger partial charge in [0.1, 0.15) is 0 Å². The minimum absolute atomic E-state index is 0.00999. The standard InChI is InChI=1S/C15H15ClN2O3S/c16-12-3-1-10(2-4-12)7-17-14(20)15(21)18-8-13(19)11-5-6-22-9-11/h1-6,9,13,19H,7-8H2,(H,17,20)(H,18,21). The first-order valence-corrected chi connectivity index (χ1v) is 7.89. The van der Waals surface area contributed by atoms with Gasteiger partial charge in [-0.25, -0.2) is 0 Å². The molecule has 0 spiro atoms. The third-order valence-electron chi connectivity index (χ3n) is 2.96. The predicted octanol–water partition coefficient (Wildman–Crippen LogP) is 1.87. The Morgan fingerprint density at radius 3 is 2.45 bits per heavy atom. The molecule has 1 aromatic heterocycles. The van der Waals surface area contributed by atoms with Gasteiger partial charge in [-0.15, -0.1) is 0 Å². The van der Waals surface area contributed by atoms with Crippen LogP contribution < -0.4 is 10.6 Å². The maximum absolute atomic E-state index is 11.7. The minimum atomic E-state index is -0.820. The number of aliphatic hydroxyl groups excluding tert-OH is 1. The van der Waals surface area contributed by atoms with Gasteiger partial charge in [0.05, 0.1) is 6.10 Å². The molecule has 1 heterocycles. The van der Waals surface area contributed by atoms with Gasteiger partial charge in [0.2, 0.25) is 0 Å². The number of carbonyl (C=O) groups excluding carboxylic acids is 2. The SMILES string of the molecule is O=C(NCc1ccc(Cl)cc1)C(=O)NCC(O)c1ccsc1. The lowest BCUT2D eigenvalue weighted by atomic mass is 10.2. The van der Waals surface area contributed by atoms with Crippen LogP contribution in [0.3, 0.4) is 0 Å². The molecular formula is C15H15ClN2O3S. The normalized spacial score (nSPS) is 11.7. The summed E-state index contributed by atoms with van der Waals surface area (Å²) < 4.78 is 0. The summed E-state index contributed by atoms with van der Waals surface area (Å²) in [7, 11) is 0. The minimum Gasteiger partial charge on any atom is -0.387 e. The first-order valence-electron chi connectivity index (χ1n) is 6.57. The molecule has 1 unspecified atom stereocenters. The van der Waals surface area contributed by atoms with E-state index in [-0.39, 0.29) is 13.1 Å². The van der Waals surface area contributed by atoms with Crippen LogP contribution in [-0.2, 0) is 16.1 Å². The maximum atomic E-state index is 11.7. The molecule has 0 saturated heterocycles. The molecule has 0 aliphatic heterocycles. The number of nitrogens with one attached hydrogen (secondary N) is 2. The van der Waals surface area contributed by atoms with E-state index in [1.165, 1.54) is 11.3 Å². The first kappa shape index (κ1) is 16.5. The van der Waals surface area contributed by atoms with Gasteiger partial charge in [-0.1, -0.05) is 23.7 Å². The molecule has 3 N–H and O–H groups in total. The second kappa shape index (κ2) is 7.93. The van der Waals surface area contributed by atoms with Gasteiger partial charge in [0.25, 0.3) is 0 Å². The quantitative estimate of drug-likeness (QED) is 0.728. The van der Waals surface area contributed by atoms with Gasteiger partial charge in [0.15, 0.2) is 0 Å². The molecular weight excluding hydrogens is 324 g/mol. The fourth-order valence-corrected chi connectivity index (χ4v) is 2.55. The van der Waals surface area contributed by atoms with Crippen LogP contribution in [0.5, 0.6) is 0 Å². The van der Waals surface area contributed by atoms with Crippen molar-refractivity contribution in [2.45, 2.75) is 12.6 Å². The van der Waals surface area contributed by atoms with Crippen LogP contribution in [0.15, 0.2) is 41.1 Å². The van der Waals surface area contributed by atoms with E-state index in [9.17, 15) is 14.7 Å². The van der Waals surface area contributed by atoms with E-state index in [2.05, 4.69) is 10.6 Å². The highest BCUT2D eigenvalue weighted by molar-refractivity contribution is 7.07. The summed E-state index contributed by atoms with van der Waals surface area (Å²) >= 11 is 7.22. The highest BCUT2D eigenvalue weighted by Gasteiger charge is 2.15. The number of carbonyl (C=O) groups is 2. The van der Waals surface area contributed by atoms with Crippen LogP contribution in [0, 0.1) is 0 Å². The van der Waals surface area contributed by atoms with Crippen LogP contribution in [0.4, 0.5) is 0 Å². The van der Waals surface area contributed by atoms with Gasteiger partial charge >= 0.3 is 11.8 Å². The van der Waals surface area contributed by atoms with Gasteiger partial charge < -0.3 is 15.7 Å². The Balaban J connectivity index is 1.75. The second-order valence-corrected chi connectivity index (χ2v) is 5.81. The Bertz CT molecular complexity index is 629. The molecule has 1 atom stereocenters. The predicted molar refractivity (Wildman–Crippen MR) is 85.6 cm³/mol. The highest BCUT2D eigenvalue weighted by Crippen LogP contribution is 2.14. The van der Waals surface area contributed by atoms with Crippen molar-refractivity contribution in [1.82, 2.24) is 10.6 Å². The Morgan fingerprint density at radius 2 is 1.82 bits per heavy atom. The van der Waals surface area contributed by atoms with Crippen molar-refractivity contribution in [2.24, 2.45) is 0 Å². The zero-order valence-electron chi connectivity index (χ0n) is 11.6. The third kappa shape index (κ3) is 4.84. The zero-order chi connectivity index (χ0) is 15.9. The van der Waals surface area contributed by atoms with Crippen LogP contribution in [0.2, 0.25) is 5.02 Å². The smallest absolute Gasteiger partial charge is 0.309 e. The third-order valence-corrected chi connectivity index (χ3v) is 3.91. The van der Waals surface area contributed by atoms with Gasteiger partial charge in [-0.2, -0.15) is 11.3 Å². The summed E-state index contributed by atoms with van der Waals surface area (Å²) in [5.41, 5.74) is 1.55. The maximum Gasteiger partial charge on any atom is 0.309 e. The highest BCUT2D eigenvalue weighted by atomic mass is 35.5. The summed E-state index contributed by atoms with van der Waals surface area (Å²) in [6.07, 6.45) is -0.820. The molecule has 2 amide bonds. The summed E-state index contributed by atoms with van der Waals surface area (Å²) in [5.74, 6) is -1.52. The molecule has 2 rings (SSSR count). The van der Waals surface area contributed by atoms with Crippen molar-refractivity contribution < 1.29 is 14.7 Å². The van der Waals surface area contributed by atoms with Gasteiger partial charge in [-0.3, -0.25) is 9.59 Å². The Hall–Kier alpha value is -1.89. The van der Waals surface area contributed by atoms with E-state index in [1.807, 2.05) is 5.38 Å². The summed E-state index contributed by atoms with van der Waals surface area (Å²) in [6, 6.07) is 8.71. The van der Waals surface area contributed by atoms with Crippen molar-refractivity contribution in [3.8, 4) is 0 Å². The van der Waals surface area contributed by atoms with Crippen LogP contribution in [0.1, 0.15) is 17.2 Å². The topological polar surface area (TPSA) is 78.4 Å². The fraction of sp³-hybridized carbons (Fsp3) is 0.200. The van der Waals surface area contributed by atoms with Crippen molar-refractivity contribution in [1.29, 1.82) is 0 Å². The molecule has 116 valence electrons. The number of rotatable bonds is 5. The monoisotopic (exact) mass is 338 g/mol. The summed E-state index contributed by atoms with van der Waals surface area (Å²) in [4.78, 5) is 23.3. The number of hydrogen-bond donors (Lipinski definition) is 3. The number of aliphatic hydroxyl groups is 1. The molecule has 22 heavy (non-hydrogen) atoms. The van der Waals surface area contributed by atoms with E-state index in [1.54, 1.807) is 35.7 Å². The zero-order valence-corrected chi connectivity index (χ0v) is 13.2. The van der Waals surface area contributed by atoms with Crippen LogP contribution >= 0.6 is 22.9 Å². The molecule has 0 radical (unpaired) electrons. The van der Waals surface area contributed by atoms with E-state index in [4.69, 9.17) is 11.6 Å². The summed E-state index contributed by atoms with van der Waals surface area (Å²) in [5, 5.41) is 19.0. The number of benzene rings is 1. The lowest BCUT2D eigenvalue weighted by molar-refractivity contribution is -0.139. The fourth-order valence-electron chi connectivity index (χ4n) is 1.72. The van der Waals surface area contributed by atoms with E-state index in [0.29, 0.717) is 10.6 Å². The second-order valence-electron chi connectivity index (χ2n) is 4.59. The lowest BCUT2D eigenvalue weighted by Gasteiger charge is -2.10. The van der Waals surface area contributed by atoms with Crippen molar-refractivity contribution in [3.63, 3.8) is 0 Å². The molecule has 0 bridgehead atoms. The molecule has 2 aromatic rings. The van der Waals surface area contributed by atoms with Crippen LogP contribution in [0.25, 0.3) is 0 Å². The lowest BCUT2D eigenvalue weighted by Crippen LogP contribution is -2.41. The van der Waals surface area contributed by atoms with Crippen molar-refractivity contribution >= 4 is 34.8 Å². The Labute approximate surface area is 136 Å². The number of amides is 2. The van der Waals surface area contributed by atoms with E-state index >= 15 is 0 Å². The van der Waals surface area contributed by atoms with Crippen molar-refractivity contribution in [3.05, 3.63) is 57.2 Å². The number of hydrogen-bond acceptors (Lipinski definition) is 4. The number of halogens is 1. The molecule has 0 aliphatic carbocycles. The van der Waals surface area contributed by atoms with E-state index < -0.39 is 17.9 Å². The molecule has 0 aliphatic rings. The van der Waals surface area contributed by atoms with Crippen molar-refractivity contribution in [2.75, 3.05) is 6.54 Å². The van der Waals surface area contributed by atoms with Gasteiger partial charge in [0, 0.05) is 18.1 Å².